The van der Waals surface area contributed by atoms with Crippen LogP contribution in [0.3, 0.4) is 0 Å². The van der Waals surface area contributed by atoms with E-state index in [9.17, 15) is 0 Å². The van der Waals surface area contributed by atoms with Crippen LogP contribution in [0.25, 0.3) is 10.8 Å². The average molecular weight is 322 g/mol. The number of fused-ring (bicyclic) bond motifs is 1. The van der Waals surface area contributed by atoms with Crippen molar-refractivity contribution in [3.63, 3.8) is 0 Å². The summed E-state index contributed by atoms with van der Waals surface area (Å²) < 4.78 is 16.7. The van der Waals surface area contributed by atoms with E-state index in [1.807, 2.05) is 42.5 Å². The highest BCUT2D eigenvalue weighted by Gasteiger charge is 1.99. The largest absolute Gasteiger partial charge is 0.497 e. The molecular weight excluding hydrogens is 300 g/mol. The number of hydrogen-bond donors (Lipinski definition) is 0. The van der Waals surface area contributed by atoms with Crippen LogP contribution in [-0.2, 0) is 0 Å². The van der Waals surface area contributed by atoms with E-state index in [0.717, 1.165) is 30.1 Å². The van der Waals surface area contributed by atoms with Crippen molar-refractivity contribution in [3.8, 4) is 17.2 Å². The second-order valence-corrected chi connectivity index (χ2v) is 5.59. The maximum absolute atomic E-state index is 5.83. The Bertz CT molecular complexity index is 783. The van der Waals surface area contributed by atoms with E-state index in [4.69, 9.17) is 14.2 Å². The number of methoxy groups -OCH3 is 1. The fourth-order valence-electron chi connectivity index (χ4n) is 2.53. The highest BCUT2D eigenvalue weighted by molar-refractivity contribution is 5.83. The molecule has 0 aliphatic carbocycles. The summed E-state index contributed by atoms with van der Waals surface area (Å²) in [7, 11) is 1.66. The second kappa shape index (κ2) is 8.25. The van der Waals surface area contributed by atoms with E-state index >= 15 is 0 Å². The Balaban J connectivity index is 1.38. The van der Waals surface area contributed by atoms with Gasteiger partial charge in [-0.05, 0) is 47.9 Å². The van der Waals surface area contributed by atoms with Gasteiger partial charge in [-0.15, -0.1) is 0 Å². The van der Waals surface area contributed by atoms with Crippen molar-refractivity contribution >= 4 is 10.8 Å². The molecule has 124 valence electrons. The Hall–Kier alpha value is -2.68. The Morgan fingerprint density at radius 1 is 0.625 bits per heavy atom. The first-order valence-electron chi connectivity index (χ1n) is 8.23. The molecule has 0 heterocycles. The van der Waals surface area contributed by atoms with Crippen LogP contribution in [0.2, 0.25) is 0 Å². The fourth-order valence-corrected chi connectivity index (χ4v) is 2.53. The van der Waals surface area contributed by atoms with Crippen molar-refractivity contribution in [1.82, 2.24) is 0 Å². The number of ether oxygens (including phenoxy) is 3. The summed E-state index contributed by atoms with van der Waals surface area (Å²) in [6.45, 7) is 1.37. The first-order valence-corrected chi connectivity index (χ1v) is 8.23. The third-order valence-corrected chi connectivity index (χ3v) is 3.84. The number of hydrogen-bond acceptors (Lipinski definition) is 3. The molecule has 0 bridgehead atoms. The number of rotatable bonds is 8. The molecule has 3 heteroatoms. The van der Waals surface area contributed by atoms with Gasteiger partial charge in [0.25, 0.3) is 0 Å². The van der Waals surface area contributed by atoms with Crippen molar-refractivity contribution < 1.29 is 14.2 Å². The summed E-state index contributed by atoms with van der Waals surface area (Å²) in [6, 6.07) is 22.2. The maximum atomic E-state index is 5.83. The van der Waals surface area contributed by atoms with Crippen LogP contribution in [0.5, 0.6) is 17.2 Å². The van der Waals surface area contributed by atoms with Crippen LogP contribution in [-0.4, -0.2) is 20.3 Å². The summed E-state index contributed by atoms with van der Waals surface area (Å²) in [5.41, 5.74) is 0. The molecule has 0 unspecified atom stereocenters. The van der Waals surface area contributed by atoms with E-state index in [1.165, 1.54) is 10.8 Å². The van der Waals surface area contributed by atoms with Crippen LogP contribution >= 0.6 is 0 Å². The van der Waals surface area contributed by atoms with Gasteiger partial charge in [0, 0.05) is 6.07 Å². The predicted octanol–water partition coefficient (Wildman–Crippen LogP) is 5.09. The molecule has 3 rings (SSSR count). The molecule has 3 aromatic carbocycles. The lowest BCUT2D eigenvalue weighted by Crippen LogP contribution is -2.02. The van der Waals surface area contributed by atoms with Gasteiger partial charge in [-0.25, -0.2) is 0 Å². The van der Waals surface area contributed by atoms with Gasteiger partial charge in [-0.2, -0.15) is 0 Å². The van der Waals surface area contributed by atoms with E-state index in [0.29, 0.717) is 13.2 Å². The Morgan fingerprint density at radius 3 is 2.04 bits per heavy atom. The molecule has 0 amide bonds. The predicted molar refractivity (Wildman–Crippen MR) is 97.2 cm³/mol. The molecule has 0 N–H and O–H groups in total. The van der Waals surface area contributed by atoms with Crippen molar-refractivity contribution in [3.05, 3.63) is 66.7 Å². The normalized spacial score (nSPS) is 10.5. The molecule has 3 nitrogen and oxygen atoms in total. The van der Waals surface area contributed by atoms with Crippen molar-refractivity contribution in [1.29, 1.82) is 0 Å². The van der Waals surface area contributed by atoms with Gasteiger partial charge in [-0.3, -0.25) is 0 Å². The van der Waals surface area contributed by atoms with Gasteiger partial charge < -0.3 is 14.2 Å². The molecule has 0 saturated heterocycles. The maximum Gasteiger partial charge on any atom is 0.122 e. The average Bonchev–Trinajstić information content (AvgIpc) is 2.64. The lowest BCUT2D eigenvalue weighted by Gasteiger charge is -2.09. The van der Waals surface area contributed by atoms with Crippen molar-refractivity contribution in [2.45, 2.75) is 12.8 Å². The molecule has 0 aliphatic heterocycles. The lowest BCUT2D eigenvalue weighted by molar-refractivity contribution is 0.266. The minimum absolute atomic E-state index is 0.675. The Labute approximate surface area is 142 Å². The van der Waals surface area contributed by atoms with Crippen LogP contribution < -0.4 is 14.2 Å². The zero-order valence-corrected chi connectivity index (χ0v) is 13.9. The topological polar surface area (TPSA) is 27.7 Å². The van der Waals surface area contributed by atoms with Crippen molar-refractivity contribution in [2.75, 3.05) is 20.3 Å². The van der Waals surface area contributed by atoms with E-state index in [1.54, 1.807) is 7.11 Å². The van der Waals surface area contributed by atoms with E-state index in [-0.39, 0.29) is 0 Å². The van der Waals surface area contributed by atoms with Crippen LogP contribution in [0, 0.1) is 0 Å². The number of benzene rings is 3. The fraction of sp³-hybridized carbons (Fsp3) is 0.238. The molecule has 0 atom stereocenters. The minimum atomic E-state index is 0.675. The van der Waals surface area contributed by atoms with Gasteiger partial charge in [0.05, 0.1) is 20.3 Å². The Morgan fingerprint density at radius 2 is 1.29 bits per heavy atom. The summed E-state index contributed by atoms with van der Waals surface area (Å²) >= 11 is 0. The zero-order chi connectivity index (χ0) is 16.6. The first kappa shape index (κ1) is 16.2. The summed E-state index contributed by atoms with van der Waals surface area (Å²) in [4.78, 5) is 0. The highest BCUT2D eigenvalue weighted by atomic mass is 16.5. The summed E-state index contributed by atoms with van der Waals surface area (Å²) in [5.74, 6) is 2.57. The van der Waals surface area contributed by atoms with Crippen LogP contribution in [0.4, 0.5) is 0 Å². The third-order valence-electron chi connectivity index (χ3n) is 3.84. The molecule has 0 radical (unpaired) electrons. The lowest BCUT2D eigenvalue weighted by atomic mass is 10.1. The second-order valence-electron chi connectivity index (χ2n) is 5.59. The van der Waals surface area contributed by atoms with Gasteiger partial charge in [-0.1, -0.05) is 36.4 Å². The number of unbranched alkanes of at least 4 members (excludes halogenated alkanes) is 1. The summed E-state index contributed by atoms with van der Waals surface area (Å²) in [6.07, 6.45) is 1.90. The van der Waals surface area contributed by atoms with Crippen LogP contribution in [0.15, 0.2) is 66.7 Å². The van der Waals surface area contributed by atoms with E-state index in [2.05, 4.69) is 24.3 Å². The van der Waals surface area contributed by atoms with Crippen LogP contribution in [0.1, 0.15) is 12.8 Å². The molecular formula is C21H22O3. The van der Waals surface area contributed by atoms with Gasteiger partial charge >= 0.3 is 0 Å². The summed E-state index contributed by atoms with van der Waals surface area (Å²) in [5, 5.41) is 2.44. The van der Waals surface area contributed by atoms with E-state index < -0.39 is 0 Å². The van der Waals surface area contributed by atoms with Gasteiger partial charge in [0.2, 0.25) is 0 Å². The molecule has 0 fully saturated rings. The quantitative estimate of drug-likeness (QED) is 0.541. The SMILES string of the molecule is COc1cccc(OCCCCOc2ccc3ccccc3c2)c1. The highest BCUT2D eigenvalue weighted by Crippen LogP contribution is 2.21. The van der Waals surface area contributed by atoms with Crippen molar-refractivity contribution in [2.24, 2.45) is 0 Å². The minimum Gasteiger partial charge on any atom is -0.497 e. The Kier molecular flexibility index (Phi) is 5.56. The zero-order valence-electron chi connectivity index (χ0n) is 13.9. The molecule has 0 aliphatic rings. The third kappa shape index (κ3) is 4.42. The van der Waals surface area contributed by atoms with Gasteiger partial charge in [0.1, 0.15) is 17.2 Å². The smallest absolute Gasteiger partial charge is 0.122 e. The van der Waals surface area contributed by atoms with Gasteiger partial charge in [0.15, 0.2) is 0 Å². The monoisotopic (exact) mass is 322 g/mol. The molecule has 0 spiro atoms. The molecule has 0 aromatic heterocycles. The molecule has 24 heavy (non-hydrogen) atoms. The first-order chi connectivity index (χ1) is 11.8. The molecule has 0 saturated carbocycles. The molecule has 3 aromatic rings. The standard InChI is InChI=1S/C21H22O3/c1-22-19-9-6-10-20(16-19)23-13-4-5-14-24-21-12-11-17-7-2-3-8-18(17)15-21/h2-3,6-12,15-16H,4-5,13-14H2,1H3.